The first-order valence-corrected chi connectivity index (χ1v) is 13.5. The van der Waals surface area contributed by atoms with Gasteiger partial charge in [0, 0.05) is 0 Å². The van der Waals surface area contributed by atoms with Gasteiger partial charge in [-0.05, 0) is 39.3 Å². The highest BCUT2D eigenvalue weighted by molar-refractivity contribution is 6.86. The van der Waals surface area contributed by atoms with Gasteiger partial charge in [0.2, 0.25) is 8.32 Å². The molecule has 0 spiro atoms. The average molecular weight is 255 g/mol. The monoisotopic (exact) mass is 254 g/mol. The van der Waals surface area contributed by atoms with Crippen LogP contribution in [0.25, 0.3) is 0 Å². The van der Waals surface area contributed by atoms with Gasteiger partial charge in [0.25, 0.3) is 0 Å². The van der Waals surface area contributed by atoms with Crippen molar-refractivity contribution in [3.63, 3.8) is 0 Å². The standard InChI is InChI=1S/C7H22O4Si3/c1-12(2,7-8)10-14(5,6)11-13(3,4)9/h8-9H,7H2,1-6H3. The lowest BCUT2D eigenvalue weighted by atomic mass is 11.7. The molecule has 0 saturated heterocycles. The van der Waals surface area contributed by atoms with Gasteiger partial charge < -0.3 is 18.1 Å². The van der Waals surface area contributed by atoms with Crippen molar-refractivity contribution in [3.05, 3.63) is 0 Å². The van der Waals surface area contributed by atoms with Crippen molar-refractivity contribution in [1.82, 2.24) is 0 Å². The summed E-state index contributed by atoms with van der Waals surface area (Å²) in [6, 6.07) is 0. The summed E-state index contributed by atoms with van der Waals surface area (Å²) in [5, 5.41) is 9.11. The molecule has 86 valence electrons. The summed E-state index contributed by atoms with van der Waals surface area (Å²) in [6.45, 7) is 11.1. The Bertz CT molecular complexity index is 188. The fourth-order valence-corrected chi connectivity index (χ4v) is 12.3. The van der Waals surface area contributed by atoms with Crippen LogP contribution in [0.4, 0.5) is 0 Å². The highest BCUT2D eigenvalue weighted by atomic mass is 28.5. The van der Waals surface area contributed by atoms with E-state index in [1.807, 2.05) is 26.2 Å². The van der Waals surface area contributed by atoms with Gasteiger partial charge in [-0.1, -0.05) is 0 Å². The zero-order chi connectivity index (χ0) is 11.6. The molecule has 0 radical (unpaired) electrons. The molecule has 0 aromatic carbocycles. The second-order valence-corrected chi connectivity index (χ2v) is 16.1. The van der Waals surface area contributed by atoms with Gasteiger partial charge in [-0.25, -0.2) is 0 Å². The number of rotatable bonds is 5. The second kappa shape index (κ2) is 4.56. The molecule has 2 N–H and O–H groups in total. The normalized spacial score (nSPS) is 14.6. The Labute approximate surface area is 89.5 Å². The maximum atomic E-state index is 9.65. The lowest BCUT2D eigenvalue weighted by Crippen LogP contribution is -2.53. The van der Waals surface area contributed by atoms with Crippen LogP contribution < -0.4 is 0 Å². The third kappa shape index (κ3) is 6.87. The molecule has 4 nitrogen and oxygen atoms in total. The third-order valence-corrected chi connectivity index (χ3v) is 10.3. The molecule has 0 heterocycles. The van der Waals surface area contributed by atoms with Crippen molar-refractivity contribution in [2.45, 2.75) is 39.3 Å². The van der Waals surface area contributed by atoms with Crippen molar-refractivity contribution in [1.29, 1.82) is 0 Å². The molecule has 0 aliphatic heterocycles. The molecule has 0 amide bonds. The molecule has 0 bridgehead atoms. The molecular formula is C7H22O4Si3. The molecule has 0 unspecified atom stereocenters. The predicted octanol–water partition coefficient (Wildman–Crippen LogP) is 1.15. The van der Waals surface area contributed by atoms with E-state index in [0.29, 0.717) is 0 Å². The summed E-state index contributed by atoms with van der Waals surface area (Å²) < 4.78 is 11.4. The number of aliphatic hydroxyl groups is 1. The van der Waals surface area contributed by atoms with E-state index in [9.17, 15) is 4.80 Å². The number of aliphatic hydroxyl groups excluding tert-OH is 1. The van der Waals surface area contributed by atoms with E-state index >= 15 is 0 Å². The van der Waals surface area contributed by atoms with Crippen LogP contribution in [0.15, 0.2) is 0 Å². The van der Waals surface area contributed by atoms with E-state index in [-0.39, 0.29) is 6.23 Å². The minimum atomic E-state index is -2.53. The number of hydrogen-bond acceptors (Lipinski definition) is 4. The van der Waals surface area contributed by atoms with E-state index in [1.54, 1.807) is 13.1 Å². The minimum Gasteiger partial charge on any atom is -0.435 e. The molecule has 0 fully saturated rings. The van der Waals surface area contributed by atoms with Crippen LogP contribution in [0, 0.1) is 0 Å². The van der Waals surface area contributed by atoms with Crippen LogP contribution in [0.2, 0.25) is 39.3 Å². The second-order valence-electron chi connectivity index (χ2n) is 4.97. The molecule has 0 aliphatic rings. The summed E-state index contributed by atoms with van der Waals surface area (Å²) in [5.74, 6) is 0. The molecule has 14 heavy (non-hydrogen) atoms. The zero-order valence-corrected chi connectivity index (χ0v) is 12.9. The Morgan fingerprint density at radius 2 is 1.36 bits per heavy atom. The topological polar surface area (TPSA) is 58.9 Å². The van der Waals surface area contributed by atoms with Gasteiger partial charge >= 0.3 is 17.1 Å². The Kier molecular flexibility index (Phi) is 4.72. The van der Waals surface area contributed by atoms with Crippen LogP contribution in [-0.4, -0.2) is 41.6 Å². The quantitative estimate of drug-likeness (QED) is 0.723. The Morgan fingerprint density at radius 1 is 0.929 bits per heavy atom. The van der Waals surface area contributed by atoms with Crippen LogP contribution in [-0.2, 0) is 8.23 Å². The predicted molar refractivity (Wildman–Crippen MR) is 63.9 cm³/mol. The third-order valence-electron chi connectivity index (χ3n) is 1.40. The van der Waals surface area contributed by atoms with Crippen molar-refractivity contribution in [3.8, 4) is 0 Å². The largest absolute Gasteiger partial charge is 0.435 e. The van der Waals surface area contributed by atoms with Gasteiger partial charge in [-0.15, -0.1) is 0 Å². The Morgan fingerprint density at radius 3 is 1.64 bits per heavy atom. The van der Waals surface area contributed by atoms with E-state index in [2.05, 4.69) is 0 Å². The summed E-state index contributed by atoms with van der Waals surface area (Å²) in [6.07, 6.45) is 0.0835. The molecule has 0 aliphatic carbocycles. The average Bonchev–Trinajstić information content (AvgIpc) is 1.78. The molecule has 0 rings (SSSR count). The maximum Gasteiger partial charge on any atom is 0.320 e. The van der Waals surface area contributed by atoms with Crippen molar-refractivity contribution in [2.75, 3.05) is 6.23 Å². The molecule has 0 aromatic rings. The van der Waals surface area contributed by atoms with Crippen LogP contribution in [0.1, 0.15) is 0 Å². The van der Waals surface area contributed by atoms with Crippen molar-refractivity contribution < 1.29 is 18.1 Å². The van der Waals surface area contributed by atoms with Gasteiger partial charge in [-0.3, -0.25) is 0 Å². The van der Waals surface area contributed by atoms with Crippen LogP contribution in [0.5, 0.6) is 0 Å². The summed E-state index contributed by atoms with van der Waals surface area (Å²) >= 11 is 0. The molecule has 0 aromatic heterocycles. The number of hydrogen-bond donors (Lipinski definition) is 2. The highest BCUT2D eigenvalue weighted by Crippen LogP contribution is 2.18. The van der Waals surface area contributed by atoms with Gasteiger partial charge in [0.05, 0.1) is 6.23 Å². The highest BCUT2D eigenvalue weighted by Gasteiger charge is 2.38. The van der Waals surface area contributed by atoms with Gasteiger partial charge in [0.1, 0.15) is 0 Å². The maximum absolute atomic E-state index is 9.65. The summed E-state index contributed by atoms with van der Waals surface area (Å²) in [5.41, 5.74) is 0. The van der Waals surface area contributed by atoms with E-state index in [1.165, 1.54) is 0 Å². The SMILES string of the molecule is C[Si](C)(O)O[Si](C)(C)O[Si](C)(C)CO. The first kappa shape index (κ1) is 14.5. The van der Waals surface area contributed by atoms with Crippen molar-refractivity contribution >= 4 is 25.4 Å². The summed E-state index contributed by atoms with van der Waals surface area (Å²) in [7, 11) is -6.82. The lowest BCUT2D eigenvalue weighted by Gasteiger charge is -2.35. The van der Waals surface area contributed by atoms with Gasteiger partial charge in [-0.2, -0.15) is 0 Å². The molecule has 7 heteroatoms. The zero-order valence-electron chi connectivity index (χ0n) is 9.92. The van der Waals surface area contributed by atoms with E-state index < -0.39 is 25.4 Å². The Hall–Kier alpha value is 0.491. The Balaban J connectivity index is 4.35. The molecular weight excluding hydrogens is 232 g/mol. The molecule has 0 atom stereocenters. The van der Waals surface area contributed by atoms with E-state index in [0.717, 1.165) is 0 Å². The molecule has 0 saturated carbocycles. The van der Waals surface area contributed by atoms with Crippen molar-refractivity contribution in [2.24, 2.45) is 0 Å². The lowest BCUT2D eigenvalue weighted by molar-refractivity contribution is 0.296. The fraction of sp³-hybridized carbons (Fsp3) is 1.00. The first-order chi connectivity index (χ1) is 5.97. The minimum absolute atomic E-state index is 0.0835. The first-order valence-electron chi connectivity index (χ1n) is 4.71. The van der Waals surface area contributed by atoms with E-state index in [4.69, 9.17) is 13.3 Å². The fourth-order valence-electron chi connectivity index (χ4n) is 1.32. The van der Waals surface area contributed by atoms with Crippen LogP contribution in [0.3, 0.4) is 0 Å². The van der Waals surface area contributed by atoms with Gasteiger partial charge in [0.15, 0.2) is 0 Å². The summed E-state index contributed by atoms with van der Waals surface area (Å²) in [4.78, 5) is 9.65. The smallest absolute Gasteiger partial charge is 0.320 e. The van der Waals surface area contributed by atoms with Crippen LogP contribution >= 0.6 is 0 Å².